The highest BCUT2D eigenvalue weighted by molar-refractivity contribution is 5.90. The van der Waals surface area contributed by atoms with Gasteiger partial charge in [-0.3, -0.25) is 9.69 Å². The molecule has 122 valence electrons. The van der Waals surface area contributed by atoms with Crippen molar-refractivity contribution in [2.24, 2.45) is 0 Å². The fraction of sp³-hybridized carbons (Fsp3) is 0.500. The summed E-state index contributed by atoms with van der Waals surface area (Å²) in [6, 6.07) is 8.70. The van der Waals surface area contributed by atoms with Crippen LogP contribution in [0, 0.1) is 0 Å². The zero-order chi connectivity index (χ0) is 16.1. The van der Waals surface area contributed by atoms with E-state index in [0.717, 1.165) is 12.2 Å². The number of amides is 1. The largest absolute Gasteiger partial charge is 0.324 e. The molecular formula is C16H22N6O. The van der Waals surface area contributed by atoms with Gasteiger partial charge < -0.3 is 5.32 Å². The van der Waals surface area contributed by atoms with E-state index in [1.54, 1.807) is 0 Å². The first kappa shape index (κ1) is 15.6. The van der Waals surface area contributed by atoms with Gasteiger partial charge in [-0.15, -0.1) is 5.10 Å². The van der Waals surface area contributed by atoms with E-state index in [1.165, 1.54) is 42.4 Å². The summed E-state index contributed by atoms with van der Waals surface area (Å²) >= 11 is 0. The van der Waals surface area contributed by atoms with Crippen molar-refractivity contribution in [2.45, 2.75) is 45.3 Å². The first-order valence-corrected chi connectivity index (χ1v) is 8.04. The molecule has 23 heavy (non-hydrogen) atoms. The fourth-order valence-corrected chi connectivity index (χ4v) is 2.92. The summed E-state index contributed by atoms with van der Waals surface area (Å²) < 4.78 is 1.39. The van der Waals surface area contributed by atoms with Gasteiger partial charge >= 0.3 is 0 Å². The van der Waals surface area contributed by atoms with Gasteiger partial charge in [0.2, 0.25) is 5.91 Å². The minimum atomic E-state index is -0.144. The Labute approximate surface area is 135 Å². The number of benzene rings is 1. The van der Waals surface area contributed by atoms with Crippen molar-refractivity contribution < 1.29 is 4.79 Å². The molecule has 1 fully saturated rings. The number of hydrogen-bond donors (Lipinski definition) is 1. The number of carbonyl (C=O) groups excluding carboxylic acids is 1. The van der Waals surface area contributed by atoms with Gasteiger partial charge in [0.25, 0.3) is 0 Å². The molecule has 2 aromatic rings. The molecule has 0 bridgehead atoms. The molecular weight excluding hydrogens is 292 g/mol. The van der Waals surface area contributed by atoms with E-state index >= 15 is 0 Å². The summed E-state index contributed by atoms with van der Waals surface area (Å²) in [6.07, 6.45) is 5.33. The highest BCUT2D eigenvalue weighted by Crippen LogP contribution is 2.20. The van der Waals surface area contributed by atoms with Crippen LogP contribution >= 0.6 is 0 Å². The Balaban J connectivity index is 1.53. The molecule has 0 radical (unpaired) electrons. The smallest absolute Gasteiger partial charge is 0.246 e. The topological polar surface area (TPSA) is 75.9 Å². The lowest BCUT2D eigenvalue weighted by atomic mass is 10.0. The van der Waals surface area contributed by atoms with Crippen molar-refractivity contribution in [1.82, 2.24) is 25.1 Å². The molecule has 0 unspecified atom stereocenters. The molecule has 0 aliphatic carbocycles. The van der Waals surface area contributed by atoms with E-state index in [2.05, 4.69) is 44.8 Å². The number of piperidine rings is 1. The van der Waals surface area contributed by atoms with Crippen molar-refractivity contribution in [3.63, 3.8) is 0 Å². The monoisotopic (exact) mass is 314 g/mol. The van der Waals surface area contributed by atoms with E-state index in [9.17, 15) is 4.79 Å². The van der Waals surface area contributed by atoms with Crippen molar-refractivity contribution >= 4 is 11.6 Å². The number of rotatable bonds is 5. The van der Waals surface area contributed by atoms with Gasteiger partial charge in [0, 0.05) is 18.3 Å². The van der Waals surface area contributed by atoms with Crippen molar-refractivity contribution in [3.8, 4) is 0 Å². The van der Waals surface area contributed by atoms with Crippen LogP contribution in [-0.2, 0) is 17.9 Å². The van der Waals surface area contributed by atoms with Gasteiger partial charge in [-0.1, -0.05) is 18.6 Å². The van der Waals surface area contributed by atoms with Crippen LogP contribution in [0.25, 0.3) is 0 Å². The molecule has 1 aliphatic rings. The standard InChI is InChI=1S/C16H22N6O/c1-13-4-2-3-9-21(13)10-14-5-7-15(8-6-14)18-16(23)11-22-12-17-19-20-22/h5-8,12-13H,2-4,9-11H2,1H3,(H,18,23)/t13-/m0/s1. The minimum Gasteiger partial charge on any atom is -0.324 e. The summed E-state index contributed by atoms with van der Waals surface area (Å²) in [5.74, 6) is -0.144. The minimum absolute atomic E-state index is 0.111. The van der Waals surface area contributed by atoms with Gasteiger partial charge in [-0.2, -0.15) is 0 Å². The predicted octanol–water partition coefficient (Wildman–Crippen LogP) is 1.69. The fourth-order valence-electron chi connectivity index (χ4n) is 2.92. The van der Waals surface area contributed by atoms with Crippen LogP contribution in [0.1, 0.15) is 31.7 Å². The zero-order valence-electron chi connectivity index (χ0n) is 13.4. The van der Waals surface area contributed by atoms with Crippen LogP contribution in [0.15, 0.2) is 30.6 Å². The molecule has 0 saturated carbocycles. The maximum absolute atomic E-state index is 11.9. The Kier molecular flexibility index (Phi) is 4.97. The Hall–Kier alpha value is -2.28. The molecule has 7 nitrogen and oxygen atoms in total. The lowest BCUT2D eigenvalue weighted by Crippen LogP contribution is -2.36. The third-order valence-electron chi connectivity index (χ3n) is 4.26. The molecule has 1 amide bonds. The molecule has 0 spiro atoms. The summed E-state index contributed by atoms with van der Waals surface area (Å²) in [5.41, 5.74) is 2.07. The first-order valence-electron chi connectivity index (χ1n) is 8.04. The summed E-state index contributed by atoms with van der Waals surface area (Å²) in [6.45, 7) is 4.55. The van der Waals surface area contributed by atoms with Crippen molar-refractivity contribution in [1.29, 1.82) is 0 Å². The number of likely N-dealkylation sites (tertiary alicyclic amines) is 1. The highest BCUT2D eigenvalue weighted by Gasteiger charge is 2.17. The van der Waals surface area contributed by atoms with E-state index < -0.39 is 0 Å². The molecule has 3 rings (SSSR count). The maximum Gasteiger partial charge on any atom is 0.246 e. The van der Waals surface area contributed by atoms with Gasteiger partial charge in [0.15, 0.2) is 0 Å². The van der Waals surface area contributed by atoms with E-state index in [-0.39, 0.29) is 12.5 Å². The third-order valence-corrected chi connectivity index (χ3v) is 4.26. The quantitative estimate of drug-likeness (QED) is 0.909. The van der Waals surface area contributed by atoms with Crippen molar-refractivity contribution in [2.75, 3.05) is 11.9 Å². The van der Waals surface area contributed by atoms with E-state index in [1.807, 2.05) is 12.1 Å². The Bertz CT molecular complexity index is 625. The summed E-state index contributed by atoms with van der Waals surface area (Å²) in [7, 11) is 0. The summed E-state index contributed by atoms with van der Waals surface area (Å²) in [4.78, 5) is 14.4. The van der Waals surface area contributed by atoms with Gasteiger partial charge in [-0.25, -0.2) is 4.68 Å². The second-order valence-corrected chi connectivity index (χ2v) is 6.07. The highest BCUT2D eigenvalue weighted by atomic mass is 16.2. The third kappa shape index (κ3) is 4.35. The van der Waals surface area contributed by atoms with Crippen LogP contribution in [0.4, 0.5) is 5.69 Å². The average Bonchev–Trinajstić information content (AvgIpc) is 3.04. The van der Waals surface area contributed by atoms with Crippen LogP contribution < -0.4 is 5.32 Å². The number of carbonyl (C=O) groups is 1. The van der Waals surface area contributed by atoms with E-state index in [4.69, 9.17) is 0 Å². The van der Waals surface area contributed by atoms with Gasteiger partial charge in [0.05, 0.1) is 0 Å². The van der Waals surface area contributed by atoms with Crippen LogP contribution in [0.2, 0.25) is 0 Å². The second kappa shape index (κ2) is 7.32. The SMILES string of the molecule is C[C@H]1CCCCN1Cc1ccc(NC(=O)Cn2cnnn2)cc1. The van der Waals surface area contributed by atoms with Crippen molar-refractivity contribution in [3.05, 3.63) is 36.2 Å². The number of tetrazole rings is 1. The van der Waals surface area contributed by atoms with E-state index in [0.29, 0.717) is 6.04 Å². The number of nitrogens with one attached hydrogen (secondary N) is 1. The number of anilines is 1. The lowest BCUT2D eigenvalue weighted by Gasteiger charge is -2.33. The van der Waals surface area contributed by atoms with Gasteiger partial charge in [-0.05, 0) is 54.4 Å². The lowest BCUT2D eigenvalue weighted by molar-refractivity contribution is -0.116. The summed E-state index contributed by atoms with van der Waals surface area (Å²) in [5, 5.41) is 13.5. The molecule has 1 N–H and O–H groups in total. The molecule has 1 aromatic heterocycles. The number of hydrogen-bond acceptors (Lipinski definition) is 5. The first-order chi connectivity index (χ1) is 11.2. The molecule has 1 saturated heterocycles. The number of aromatic nitrogens is 4. The maximum atomic E-state index is 11.9. The Morgan fingerprint density at radius 3 is 2.83 bits per heavy atom. The normalized spacial score (nSPS) is 18.7. The molecule has 2 heterocycles. The molecule has 7 heteroatoms. The Morgan fingerprint density at radius 2 is 2.13 bits per heavy atom. The van der Waals surface area contributed by atoms with Crippen LogP contribution in [-0.4, -0.2) is 43.6 Å². The predicted molar refractivity (Wildman–Crippen MR) is 86.6 cm³/mol. The average molecular weight is 314 g/mol. The molecule has 1 aromatic carbocycles. The second-order valence-electron chi connectivity index (χ2n) is 6.07. The zero-order valence-corrected chi connectivity index (χ0v) is 13.4. The number of nitrogens with zero attached hydrogens (tertiary/aromatic N) is 5. The van der Waals surface area contributed by atoms with Crippen LogP contribution in [0.3, 0.4) is 0 Å². The Morgan fingerprint density at radius 1 is 1.30 bits per heavy atom. The van der Waals surface area contributed by atoms with Crippen LogP contribution in [0.5, 0.6) is 0 Å². The van der Waals surface area contributed by atoms with Gasteiger partial charge in [0.1, 0.15) is 12.9 Å². The molecule has 1 aliphatic heterocycles. The molecule has 1 atom stereocenters.